The van der Waals surface area contributed by atoms with Crippen LogP contribution in [-0.2, 0) is 14.8 Å². The van der Waals surface area contributed by atoms with Crippen LogP contribution in [0, 0.1) is 5.82 Å². The van der Waals surface area contributed by atoms with Crippen LogP contribution in [0.4, 0.5) is 15.8 Å². The Morgan fingerprint density at radius 2 is 1.93 bits per heavy atom. The SMILES string of the molecule is CCOc1ccccc1NC(=O)[C@@H](CC)N(c1ccc(F)c(Cl)c1)S(C)(=O)=O. The van der Waals surface area contributed by atoms with Crippen LogP contribution in [0.3, 0.4) is 0 Å². The molecule has 6 nitrogen and oxygen atoms in total. The van der Waals surface area contributed by atoms with Gasteiger partial charge in [-0.1, -0.05) is 30.7 Å². The van der Waals surface area contributed by atoms with Gasteiger partial charge in [0.25, 0.3) is 0 Å². The normalized spacial score (nSPS) is 12.3. The van der Waals surface area contributed by atoms with Crippen molar-refractivity contribution in [3.8, 4) is 5.75 Å². The third-order valence-electron chi connectivity index (χ3n) is 3.93. The lowest BCUT2D eigenvalue weighted by molar-refractivity contribution is -0.117. The van der Waals surface area contributed by atoms with Gasteiger partial charge in [-0.25, -0.2) is 12.8 Å². The topological polar surface area (TPSA) is 75.7 Å². The average molecular weight is 429 g/mol. The first-order valence-electron chi connectivity index (χ1n) is 8.66. The molecule has 0 aromatic heterocycles. The molecule has 0 bridgehead atoms. The molecule has 0 aliphatic carbocycles. The Kier molecular flexibility index (Phi) is 7.26. The van der Waals surface area contributed by atoms with Crippen LogP contribution >= 0.6 is 11.6 Å². The summed E-state index contributed by atoms with van der Waals surface area (Å²) in [6.45, 7) is 3.91. The summed E-state index contributed by atoms with van der Waals surface area (Å²) >= 11 is 5.81. The molecule has 0 heterocycles. The van der Waals surface area contributed by atoms with Crippen molar-refractivity contribution in [3.05, 3.63) is 53.3 Å². The van der Waals surface area contributed by atoms with Crippen molar-refractivity contribution in [3.63, 3.8) is 0 Å². The van der Waals surface area contributed by atoms with Crippen molar-refractivity contribution in [1.82, 2.24) is 0 Å². The summed E-state index contributed by atoms with van der Waals surface area (Å²) in [5.74, 6) is -0.744. The molecule has 1 amide bonds. The first-order chi connectivity index (χ1) is 13.2. The van der Waals surface area contributed by atoms with E-state index in [1.54, 1.807) is 31.2 Å². The van der Waals surface area contributed by atoms with Gasteiger partial charge in [0.05, 0.1) is 29.3 Å². The Morgan fingerprint density at radius 3 is 2.50 bits per heavy atom. The second-order valence-electron chi connectivity index (χ2n) is 6.00. The first-order valence-corrected chi connectivity index (χ1v) is 10.9. The molecule has 1 atom stereocenters. The molecule has 2 rings (SSSR count). The quantitative estimate of drug-likeness (QED) is 0.687. The minimum absolute atomic E-state index is 0.106. The standard InChI is InChI=1S/C19H22ClFN2O4S/c1-4-17(19(24)22-16-8-6-7-9-18(16)27-5-2)23(28(3,25)26)13-10-11-15(21)14(20)12-13/h6-12,17H,4-5H2,1-3H3,(H,22,24)/t17-/m1/s1. The van der Waals surface area contributed by atoms with E-state index in [9.17, 15) is 17.6 Å². The van der Waals surface area contributed by atoms with Crippen molar-refractivity contribution in [2.75, 3.05) is 22.5 Å². The smallest absolute Gasteiger partial charge is 0.248 e. The predicted octanol–water partition coefficient (Wildman–Crippen LogP) is 4.06. The number of sulfonamides is 1. The van der Waals surface area contributed by atoms with Crippen molar-refractivity contribution < 1.29 is 22.3 Å². The Morgan fingerprint density at radius 1 is 1.25 bits per heavy atom. The van der Waals surface area contributed by atoms with Gasteiger partial charge in [-0.2, -0.15) is 0 Å². The molecule has 1 N–H and O–H groups in total. The van der Waals surface area contributed by atoms with Gasteiger partial charge in [-0.15, -0.1) is 0 Å². The number of rotatable bonds is 8. The third-order valence-corrected chi connectivity index (χ3v) is 5.40. The molecule has 0 saturated carbocycles. The Labute approximate surface area is 169 Å². The monoisotopic (exact) mass is 428 g/mol. The Balaban J connectivity index is 2.41. The van der Waals surface area contributed by atoms with E-state index in [1.165, 1.54) is 12.1 Å². The molecule has 152 valence electrons. The zero-order valence-electron chi connectivity index (χ0n) is 15.8. The van der Waals surface area contributed by atoms with Gasteiger partial charge < -0.3 is 10.1 Å². The summed E-state index contributed by atoms with van der Waals surface area (Å²) in [6, 6.07) is 9.31. The highest BCUT2D eigenvalue weighted by molar-refractivity contribution is 7.92. The molecule has 0 saturated heterocycles. The van der Waals surface area contributed by atoms with E-state index in [-0.39, 0.29) is 17.1 Å². The molecule has 0 unspecified atom stereocenters. The number of carbonyl (C=O) groups is 1. The van der Waals surface area contributed by atoms with Crippen LogP contribution in [0.2, 0.25) is 5.02 Å². The molecule has 0 fully saturated rings. The summed E-state index contributed by atoms with van der Waals surface area (Å²) in [7, 11) is -3.86. The molecule has 2 aromatic rings. The highest BCUT2D eigenvalue weighted by Crippen LogP contribution is 2.29. The molecule has 9 heteroatoms. The third kappa shape index (κ3) is 5.14. The Hall–Kier alpha value is -2.32. The summed E-state index contributed by atoms with van der Waals surface area (Å²) in [4.78, 5) is 12.9. The van der Waals surface area contributed by atoms with Gasteiger partial charge >= 0.3 is 0 Å². The van der Waals surface area contributed by atoms with Crippen molar-refractivity contribution >= 4 is 38.9 Å². The summed E-state index contributed by atoms with van der Waals surface area (Å²) in [5, 5.41) is 2.48. The van der Waals surface area contributed by atoms with E-state index >= 15 is 0 Å². The van der Waals surface area contributed by atoms with E-state index in [0.717, 1.165) is 16.6 Å². The fourth-order valence-electron chi connectivity index (χ4n) is 2.75. The number of halogens is 2. The van der Waals surface area contributed by atoms with E-state index < -0.39 is 27.8 Å². The lowest BCUT2D eigenvalue weighted by Gasteiger charge is -2.30. The summed E-state index contributed by atoms with van der Waals surface area (Å²) < 4.78 is 44.8. The van der Waals surface area contributed by atoms with Crippen LogP contribution in [0.1, 0.15) is 20.3 Å². The number of nitrogens with zero attached hydrogens (tertiary/aromatic N) is 1. The zero-order chi connectivity index (χ0) is 20.9. The maximum absolute atomic E-state index is 13.5. The molecule has 0 aliphatic heterocycles. The van der Waals surface area contributed by atoms with E-state index in [4.69, 9.17) is 16.3 Å². The molecular formula is C19H22ClFN2O4S. The second kappa shape index (κ2) is 9.25. The van der Waals surface area contributed by atoms with Gasteiger partial charge in [0.1, 0.15) is 17.6 Å². The summed E-state index contributed by atoms with van der Waals surface area (Å²) in [6.07, 6.45) is 1.17. The number of ether oxygens (including phenoxy) is 1. The van der Waals surface area contributed by atoms with Gasteiger partial charge in [0.2, 0.25) is 15.9 Å². The fourth-order valence-corrected chi connectivity index (χ4v) is 4.13. The number of hydrogen-bond donors (Lipinski definition) is 1. The lowest BCUT2D eigenvalue weighted by atomic mass is 10.1. The lowest BCUT2D eigenvalue weighted by Crippen LogP contribution is -2.47. The van der Waals surface area contributed by atoms with Gasteiger partial charge in [-0.3, -0.25) is 9.10 Å². The van der Waals surface area contributed by atoms with Crippen LogP contribution in [0.15, 0.2) is 42.5 Å². The number of anilines is 2. The predicted molar refractivity (Wildman–Crippen MR) is 109 cm³/mol. The van der Waals surface area contributed by atoms with Gasteiger partial charge in [0.15, 0.2) is 0 Å². The van der Waals surface area contributed by atoms with E-state index in [1.807, 2.05) is 6.92 Å². The van der Waals surface area contributed by atoms with Crippen molar-refractivity contribution in [2.45, 2.75) is 26.3 Å². The number of amides is 1. The van der Waals surface area contributed by atoms with E-state index in [2.05, 4.69) is 5.32 Å². The highest BCUT2D eigenvalue weighted by Gasteiger charge is 2.32. The minimum Gasteiger partial charge on any atom is -0.492 e. The van der Waals surface area contributed by atoms with E-state index in [0.29, 0.717) is 18.0 Å². The molecule has 0 aliphatic rings. The largest absolute Gasteiger partial charge is 0.492 e. The number of hydrogen-bond acceptors (Lipinski definition) is 4. The van der Waals surface area contributed by atoms with Gasteiger partial charge in [-0.05, 0) is 43.7 Å². The number of nitrogens with one attached hydrogen (secondary N) is 1. The number of benzene rings is 2. The van der Waals surface area contributed by atoms with Gasteiger partial charge in [0, 0.05) is 0 Å². The molecule has 28 heavy (non-hydrogen) atoms. The number of carbonyl (C=O) groups excluding carboxylic acids is 1. The zero-order valence-corrected chi connectivity index (χ0v) is 17.3. The second-order valence-corrected chi connectivity index (χ2v) is 8.27. The fraction of sp³-hybridized carbons (Fsp3) is 0.316. The Bertz CT molecular complexity index is 953. The molecular weight excluding hydrogens is 407 g/mol. The van der Waals surface area contributed by atoms with Crippen molar-refractivity contribution in [1.29, 1.82) is 0 Å². The minimum atomic E-state index is -3.86. The van der Waals surface area contributed by atoms with Crippen LogP contribution in [0.5, 0.6) is 5.75 Å². The maximum atomic E-state index is 13.5. The van der Waals surface area contributed by atoms with Crippen molar-refractivity contribution in [2.24, 2.45) is 0 Å². The molecule has 0 radical (unpaired) electrons. The van der Waals surface area contributed by atoms with Crippen LogP contribution in [0.25, 0.3) is 0 Å². The molecule has 0 spiro atoms. The summed E-state index contributed by atoms with van der Waals surface area (Å²) in [5.41, 5.74) is 0.535. The highest BCUT2D eigenvalue weighted by atomic mass is 35.5. The average Bonchev–Trinajstić information content (AvgIpc) is 2.62. The first kappa shape index (κ1) is 22.0. The van der Waals surface area contributed by atoms with Crippen LogP contribution < -0.4 is 14.4 Å². The maximum Gasteiger partial charge on any atom is 0.248 e. The van der Waals surface area contributed by atoms with Crippen LogP contribution in [-0.4, -0.2) is 33.2 Å². The number of para-hydroxylation sites is 2. The molecule has 2 aromatic carbocycles.